The Morgan fingerprint density at radius 2 is 2.00 bits per heavy atom. The maximum absolute atomic E-state index is 12.4. The van der Waals surface area contributed by atoms with Crippen LogP contribution in [0.4, 0.5) is 10.5 Å². The third-order valence-electron chi connectivity index (χ3n) is 4.01. The second-order valence-corrected chi connectivity index (χ2v) is 6.06. The minimum absolute atomic E-state index is 0.0270. The number of imide groups is 1. The van der Waals surface area contributed by atoms with Crippen LogP contribution in [0.1, 0.15) is 25.3 Å². The second-order valence-electron chi connectivity index (χ2n) is 5.79. The number of hydrogen-bond acceptors (Lipinski definition) is 3. The number of nitrogens with zero attached hydrogens (tertiary/aromatic N) is 3. The van der Waals surface area contributed by atoms with E-state index < -0.39 is 6.03 Å². The van der Waals surface area contributed by atoms with Crippen LogP contribution in [0, 0.1) is 0 Å². The van der Waals surface area contributed by atoms with E-state index >= 15 is 0 Å². The molecule has 0 spiro atoms. The molecule has 130 valence electrons. The lowest BCUT2D eigenvalue weighted by Gasteiger charge is -2.28. The first-order valence-electron chi connectivity index (χ1n) is 7.99. The number of unbranched alkanes of at least 4 members (excludes halogenated alkanes) is 1. The summed E-state index contributed by atoms with van der Waals surface area (Å²) < 4.78 is 0. The maximum atomic E-state index is 12.4. The molecule has 0 N–H and O–H groups in total. The van der Waals surface area contributed by atoms with Crippen molar-refractivity contribution in [1.82, 2.24) is 9.80 Å². The highest BCUT2D eigenvalue weighted by molar-refractivity contribution is 6.29. The standard InChI is InChI=1S/C17H22ClN3O3/c1-3-4-7-13-8-5-6-9-14(13)20(15(22)10-18)12-21-16(23)11-19(2)17(21)24/h5-6,8-9H,3-4,7,10-12H2,1-2H3. The van der Waals surface area contributed by atoms with E-state index in [1.807, 2.05) is 24.3 Å². The molecule has 1 aliphatic rings. The van der Waals surface area contributed by atoms with Crippen molar-refractivity contribution in [2.75, 3.05) is 31.0 Å². The minimum atomic E-state index is -0.404. The molecule has 2 rings (SSSR count). The van der Waals surface area contributed by atoms with Gasteiger partial charge in [-0.3, -0.25) is 14.5 Å². The van der Waals surface area contributed by atoms with Crippen LogP contribution in [0.3, 0.4) is 0 Å². The smallest absolute Gasteiger partial charge is 0.318 e. The van der Waals surface area contributed by atoms with Crippen molar-refractivity contribution in [3.8, 4) is 0 Å². The highest BCUT2D eigenvalue weighted by Gasteiger charge is 2.36. The van der Waals surface area contributed by atoms with Gasteiger partial charge < -0.3 is 4.90 Å². The van der Waals surface area contributed by atoms with Gasteiger partial charge in [0, 0.05) is 12.7 Å². The molecule has 4 amide bonds. The predicted molar refractivity (Wildman–Crippen MR) is 93.0 cm³/mol. The third kappa shape index (κ3) is 3.87. The molecule has 7 heteroatoms. The van der Waals surface area contributed by atoms with Crippen LogP contribution in [0.5, 0.6) is 0 Å². The van der Waals surface area contributed by atoms with Crippen molar-refractivity contribution in [3.05, 3.63) is 29.8 Å². The Balaban J connectivity index is 2.31. The summed E-state index contributed by atoms with van der Waals surface area (Å²) in [7, 11) is 1.56. The normalized spacial score (nSPS) is 14.5. The number of urea groups is 1. The van der Waals surface area contributed by atoms with Gasteiger partial charge in [0.25, 0.3) is 5.91 Å². The summed E-state index contributed by atoms with van der Waals surface area (Å²) >= 11 is 5.75. The number of alkyl halides is 1. The molecule has 0 unspecified atom stereocenters. The van der Waals surface area contributed by atoms with Crippen LogP contribution in [-0.4, -0.2) is 53.8 Å². The fourth-order valence-corrected chi connectivity index (χ4v) is 2.81. The number of rotatable bonds is 7. The van der Waals surface area contributed by atoms with E-state index in [1.54, 1.807) is 7.05 Å². The first-order chi connectivity index (χ1) is 11.5. The first kappa shape index (κ1) is 18.3. The Labute approximate surface area is 147 Å². The maximum Gasteiger partial charge on any atom is 0.328 e. The van der Waals surface area contributed by atoms with Crippen LogP contribution in [-0.2, 0) is 16.0 Å². The van der Waals surface area contributed by atoms with Gasteiger partial charge in [-0.25, -0.2) is 9.69 Å². The van der Waals surface area contributed by atoms with E-state index in [9.17, 15) is 14.4 Å². The van der Waals surface area contributed by atoms with Gasteiger partial charge in [0.2, 0.25) is 5.91 Å². The van der Waals surface area contributed by atoms with Crippen LogP contribution in [0.2, 0.25) is 0 Å². The SMILES string of the molecule is CCCCc1ccccc1N(CN1C(=O)CN(C)C1=O)C(=O)CCl. The first-order valence-corrected chi connectivity index (χ1v) is 8.52. The molecule has 6 nitrogen and oxygen atoms in total. The number of para-hydroxylation sites is 1. The average Bonchev–Trinajstić information content (AvgIpc) is 2.83. The van der Waals surface area contributed by atoms with E-state index in [0.29, 0.717) is 5.69 Å². The number of halogens is 1. The van der Waals surface area contributed by atoms with E-state index in [4.69, 9.17) is 11.6 Å². The van der Waals surface area contributed by atoms with E-state index in [1.165, 1.54) is 9.80 Å². The lowest BCUT2D eigenvalue weighted by atomic mass is 10.1. The summed E-state index contributed by atoms with van der Waals surface area (Å²) in [6, 6.07) is 7.12. The van der Waals surface area contributed by atoms with E-state index in [-0.39, 0.29) is 30.9 Å². The number of aryl methyl sites for hydroxylation is 1. The lowest BCUT2D eigenvalue weighted by Crippen LogP contribution is -2.45. The molecule has 1 aromatic carbocycles. The molecule has 24 heavy (non-hydrogen) atoms. The summed E-state index contributed by atoms with van der Waals surface area (Å²) in [6.07, 6.45) is 2.84. The Morgan fingerprint density at radius 1 is 1.29 bits per heavy atom. The van der Waals surface area contributed by atoms with Gasteiger partial charge in [-0.15, -0.1) is 11.6 Å². The number of hydrogen-bond donors (Lipinski definition) is 0. The quantitative estimate of drug-likeness (QED) is 0.560. The number of likely N-dealkylation sites (N-methyl/N-ethyl adjacent to an activating group) is 1. The summed E-state index contributed by atoms with van der Waals surface area (Å²) in [4.78, 5) is 40.3. The fraction of sp³-hybridized carbons (Fsp3) is 0.471. The van der Waals surface area contributed by atoms with Gasteiger partial charge in [-0.1, -0.05) is 31.5 Å². The predicted octanol–water partition coefficient (Wildman–Crippen LogP) is 2.45. The van der Waals surface area contributed by atoms with Crippen molar-refractivity contribution < 1.29 is 14.4 Å². The highest BCUT2D eigenvalue weighted by Crippen LogP contribution is 2.24. The fourth-order valence-electron chi connectivity index (χ4n) is 2.66. The van der Waals surface area contributed by atoms with E-state index in [0.717, 1.165) is 29.7 Å². The number of carbonyl (C=O) groups excluding carboxylic acids is 3. The zero-order valence-corrected chi connectivity index (χ0v) is 14.8. The molecule has 1 fully saturated rings. The van der Waals surface area contributed by atoms with Crippen LogP contribution < -0.4 is 4.90 Å². The van der Waals surface area contributed by atoms with Crippen LogP contribution >= 0.6 is 11.6 Å². The van der Waals surface area contributed by atoms with Gasteiger partial charge >= 0.3 is 6.03 Å². The molecule has 0 bridgehead atoms. The number of anilines is 1. The largest absolute Gasteiger partial charge is 0.328 e. The molecule has 0 saturated carbocycles. The lowest BCUT2D eigenvalue weighted by molar-refractivity contribution is -0.125. The van der Waals surface area contributed by atoms with Crippen molar-refractivity contribution >= 4 is 35.1 Å². The second kappa shape index (κ2) is 8.15. The van der Waals surface area contributed by atoms with Gasteiger partial charge in [0.05, 0.1) is 0 Å². The molecule has 0 radical (unpaired) electrons. The van der Waals surface area contributed by atoms with Crippen molar-refractivity contribution in [1.29, 1.82) is 0 Å². The van der Waals surface area contributed by atoms with Gasteiger partial charge in [0.15, 0.2) is 0 Å². The molecular weight excluding hydrogens is 330 g/mol. The summed E-state index contributed by atoms with van der Waals surface area (Å²) in [6.45, 7) is 2.01. The van der Waals surface area contributed by atoms with Crippen LogP contribution in [0.25, 0.3) is 0 Å². The molecular formula is C17H22ClN3O3. The van der Waals surface area contributed by atoms with Gasteiger partial charge in [0.1, 0.15) is 19.1 Å². The Bertz CT molecular complexity index is 635. The van der Waals surface area contributed by atoms with Gasteiger partial charge in [-0.2, -0.15) is 0 Å². The number of benzene rings is 1. The van der Waals surface area contributed by atoms with E-state index in [2.05, 4.69) is 6.92 Å². The molecule has 1 saturated heterocycles. The van der Waals surface area contributed by atoms with Crippen molar-refractivity contribution in [2.24, 2.45) is 0 Å². The van der Waals surface area contributed by atoms with Gasteiger partial charge in [-0.05, 0) is 24.5 Å². The Kier molecular flexibility index (Phi) is 6.20. The Hall–Kier alpha value is -2.08. The Morgan fingerprint density at radius 3 is 2.58 bits per heavy atom. The van der Waals surface area contributed by atoms with Crippen molar-refractivity contribution in [3.63, 3.8) is 0 Å². The molecule has 0 aromatic heterocycles. The summed E-state index contributed by atoms with van der Waals surface area (Å²) in [5, 5.41) is 0. The molecule has 1 aromatic rings. The molecule has 1 heterocycles. The number of amides is 4. The monoisotopic (exact) mass is 351 g/mol. The van der Waals surface area contributed by atoms with Crippen LogP contribution in [0.15, 0.2) is 24.3 Å². The summed E-state index contributed by atoms with van der Waals surface area (Å²) in [5.74, 6) is -0.870. The average molecular weight is 352 g/mol. The molecule has 0 atom stereocenters. The molecule has 0 aliphatic carbocycles. The topological polar surface area (TPSA) is 60.9 Å². The summed E-state index contributed by atoms with van der Waals surface area (Å²) in [5.41, 5.74) is 1.71. The zero-order chi connectivity index (χ0) is 17.7. The minimum Gasteiger partial charge on any atom is -0.318 e. The third-order valence-corrected chi connectivity index (χ3v) is 4.24. The highest BCUT2D eigenvalue weighted by atomic mass is 35.5. The molecule has 1 aliphatic heterocycles. The van der Waals surface area contributed by atoms with Crippen molar-refractivity contribution in [2.45, 2.75) is 26.2 Å². The zero-order valence-electron chi connectivity index (χ0n) is 14.0. The number of carbonyl (C=O) groups is 3.